The molecule has 1 aromatic carbocycles. The number of nitrogens with one attached hydrogen (secondary N) is 2. The number of aliphatic imine (C=N–C) groups is 1. The number of hydrogen-bond acceptors (Lipinski definition) is 3. The minimum atomic E-state index is 0.886. The fourth-order valence-electron chi connectivity index (χ4n) is 3.06. The smallest absolute Gasteiger partial charge is 0.190 e. The third kappa shape index (κ3) is 7.33. The lowest BCUT2D eigenvalue weighted by molar-refractivity contribution is 0.587. The standard InChI is InChI=1S/C21H34N6/c1-4-26(20-11-6-5-7-12-20)17-10-14-25-21(22-3)24-13-8-9-16-27-18-15-23-19(27)2/h5-7,11-12,15,18H,4,8-10,13-14,16-17H2,1-3H3,(H2,22,24,25). The van der Waals surface area contributed by atoms with Crippen LogP contribution in [-0.4, -0.2) is 48.7 Å². The third-order valence-corrected chi connectivity index (χ3v) is 4.67. The molecule has 0 atom stereocenters. The van der Waals surface area contributed by atoms with Gasteiger partial charge in [-0.05, 0) is 45.2 Å². The van der Waals surface area contributed by atoms with Crippen LogP contribution in [0.2, 0.25) is 0 Å². The maximum atomic E-state index is 4.31. The molecule has 0 aliphatic carbocycles. The summed E-state index contributed by atoms with van der Waals surface area (Å²) in [6, 6.07) is 10.6. The Labute approximate surface area is 163 Å². The van der Waals surface area contributed by atoms with Crippen LogP contribution in [0.5, 0.6) is 0 Å². The molecule has 0 aliphatic heterocycles. The molecule has 148 valence electrons. The molecule has 2 rings (SSSR count). The van der Waals surface area contributed by atoms with Crippen LogP contribution in [0.1, 0.15) is 32.0 Å². The van der Waals surface area contributed by atoms with Gasteiger partial charge in [0.15, 0.2) is 5.96 Å². The number of aryl methyl sites for hydroxylation is 2. The highest BCUT2D eigenvalue weighted by molar-refractivity contribution is 5.79. The normalized spacial score (nSPS) is 11.4. The molecule has 6 nitrogen and oxygen atoms in total. The number of benzene rings is 1. The van der Waals surface area contributed by atoms with Crippen LogP contribution in [0.3, 0.4) is 0 Å². The predicted molar refractivity (Wildman–Crippen MR) is 115 cm³/mol. The van der Waals surface area contributed by atoms with E-state index in [2.05, 4.69) is 67.3 Å². The fourth-order valence-corrected chi connectivity index (χ4v) is 3.06. The minimum absolute atomic E-state index is 0.886. The summed E-state index contributed by atoms with van der Waals surface area (Å²) in [4.78, 5) is 11.0. The number of anilines is 1. The highest BCUT2D eigenvalue weighted by Crippen LogP contribution is 2.12. The summed E-state index contributed by atoms with van der Waals surface area (Å²) in [5.41, 5.74) is 1.29. The van der Waals surface area contributed by atoms with E-state index in [-0.39, 0.29) is 0 Å². The molecule has 0 fully saturated rings. The van der Waals surface area contributed by atoms with Crippen molar-refractivity contribution >= 4 is 11.6 Å². The summed E-state index contributed by atoms with van der Waals surface area (Å²) < 4.78 is 2.19. The van der Waals surface area contributed by atoms with E-state index in [4.69, 9.17) is 0 Å². The van der Waals surface area contributed by atoms with Gasteiger partial charge in [0, 0.05) is 57.9 Å². The highest BCUT2D eigenvalue weighted by atomic mass is 15.2. The van der Waals surface area contributed by atoms with Crippen molar-refractivity contribution in [3.8, 4) is 0 Å². The first-order valence-corrected chi connectivity index (χ1v) is 9.96. The van der Waals surface area contributed by atoms with Crippen LogP contribution in [0, 0.1) is 6.92 Å². The Morgan fingerprint density at radius 3 is 2.48 bits per heavy atom. The first-order chi connectivity index (χ1) is 13.2. The van der Waals surface area contributed by atoms with Gasteiger partial charge >= 0.3 is 0 Å². The van der Waals surface area contributed by atoms with Gasteiger partial charge in [0.1, 0.15) is 5.82 Å². The van der Waals surface area contributed by atoms with Gasteiger partial charge in [-0.2, -0.15) is 0 Å². The zero-order valence-electron chi connectivity index (χ0n) is 17.0. The molecule has 2 N–H and O–H groups in total. The quantitative estimate of drug-likeness (QED) is 0.363. The Morgan fingerprint density at radius 2 is 1.85 bits per heavy atom. The maximum Gasteiger partial charge on any atom is 0.190 e. The van der Waals surface area contributed by atoms with Gasteiger partial charge in [-0.3, -0.25) is 4.99 Å². The molecule has 6 heteroatoms. The largest absolute Gasteiger partial charge is 0.372 e. The molecule has 0 aliphatic rings. The molecule has 27 heavy (non-hydrogen) atoms. The number of hydrogen-bond donors (Lipinski definition) is 2. The van der Waals surface area contributed by atoms with Crippen molar-refractivity contribution in [2.24, 2.45) is 4.99 Å². The predicted octanol–water partition coefficient (Wildman–Crippen LogP) is 3.05. The summed E-state index contributed by atoms with van der Waals surface area (Å²) in [5.74, 6) is 1.97. The zero-order valence-corrected chi connectivity index (χ0v) is 17.0. The van der Waals surface area contributed by atoms with Crippen molar-refractivity contribution in [2.75, 3.05) is 38.1 Å². The zero-order chi connectivity index (χ0) is 19.3. The van der Waals surface area contributed by atoms with E-state index in [9.17, 15) is 0 Å². The number of unbranched alkanes of at least 4 members (excludes halogenated alkanes) is 1. The van der Waals surface area contributed by atoms with Gasteiger partial charge in [0.2, 0.25) is 0 Å². The van der Waals surface area contributed by atoms with E-state index in [1.807, 2.05) is 26.4 Å². The lowest BCUT2D eigenvalue weighted by atomic mass is 10.2. The lowest BCUT2D eigenvalue weighted by Gasteiger charge is -2.23. The van der Waals surface area contributed by atoms with Crippen LogP contribution in [-0.2, 0) is 6.54 Å². The van der Waals surface area contributed by atoms with Crippen molar-refractivity contribution < 1.29 is 0 Å². The Bertz CT molecular complexity index is 664. The van der Waals surface area contributed by atoms with Crippen LogP contribution in [0.15, 0.2) is 47.7 Å². The summed E-state index contributed by atoms with van der Waals surface area (Å²) in [7, 11) is 1.83. The van der Waals surface area contributed by atoms with Crippen molar-refractivity contribution in [3.63, 3.8) is 0 Å². The van der Waals surface area contributed by atoms with Gasteiger partial charge in [-0.1, -0.05) is 18.2 Å². The van der Waals surface area contributed by atoms with E-state index in [0.29, 0.717) is 0 Å². The molecule has 0 bridgehead atoms. The Balaban J connectivity index is 1.57. The van der Waals surface area contributed by atoms with Gasteiger partial charge in [-0.15, -0.1) is 0 Å². The van der Waals surface area contributed by atoms with Gasteiger partial charge in [-0.25, -0.2) is 4.98 Å². The summed E-state index contributed by atoms with van der Waals surface area (Å²) in [6.45, 7) is 9.16. The van der Waals surface area contributed by atoms with Crippen LogP contribution in [0.25, 0.3) is 0 Å². The SMILES string of the molecule is CCN(CCCNC(=NC)NCCCCn1ccnc1C)c1ccccc1. The number of guanidine groups is 1. The average molecular weight is 371 g/mol. The summed E-state index contributed by atoms with van der Waals surface area (Å²) >= 11 is 0. The van der Waals surface area contributed by atoms with Gasteiger partial charge in [0.25, 0.3) is 0 Å². The number of imidazole rings is 1. The molecule has 2 aromatic rings. The van der Waals surface area contributed by atoms with Crippen molar-refractivity contribution in [2.45, 2.75) is 39.7 Å². The highest BCUT2D eigenvalue weighted by Gasteiger charge is 2.03. The number of para-hydroxylation sites is 1. The average Bonchev–Trinajstić information content (AvgIpc) is 3.11. The molecule has 1 aromatic heterocycles. The first kappa shape index (κ1) is 20.8. The van der Waals surface area contributed by atoms with E-state index in [1.165, 1.54) is 5.69 Å². The molecule has 0 radical (unpaired) electrons. The Morgan fingerprint density at radius 1 is 1.11 bits per heavy atom. The molecule has 0 amide bonds. The van der Waals surface area contributed by atoms with Crippen molar-refractivity contribution in [1.29, 1.82) is 0 Å². The second-order valence-electron chi connectivity index (χ2n) is 6.57. The lowest BCUT2D eigenvalue weighted by Crippen LogP contribution is -2.39. The van der Waals surface area contributed by atoms with E-state index < -0.39 is 0 Å². The molecule has 0 unspecified atom stereocenters. The van der Waals surface area contributed by atoms with Crippen LogP contribution >= 0.6 is 0 Å². The molecule has 1 heterocycles. The van der Waals surface area contributed by atoms with Crippen molar-refractivity contribution in [3.05, 3.63) is 48.5 Å². The Hall–Kier alpha value is -2.50. The van der Waals surface area contributed by atoms with Gasteiger partial charge < -0.3 is 20.1 Å². The van der Waals surface area contributed by atoms with Gasteiger partial charge in [0.05, 0.1) is 0 Å². The van der Waals surface area contributed by atoms with Crippen LogP contribution in [0.4, 0.5) is 5.69 Å². The molecular formula is C21H34N6. The monoisotopic (exact) mass is 370 g/mol. The second-order valence-corrected chi connectivity index (χ2v) is 6.57. The maximum absolute atomic E-state index is 4.31. The van der Waals surface area contributed by atoms with Crippen LogP contribution < -0.4 is 15.5 Å². The first-order valence-electron chi connectivity index (χ1n) is 9.96. The van der Waals surface area contributed by atoms with E-state index in [0.717, 1.165) is 63.8 Å². The summed E-state index contributed by atoms with van der Waals surface area (Å²) in [5, 5.41) is 6.81. The van der Waals surface area contributed by atoms with E-state index >= 15 is 0 Å². The van der Waals surface area contributed by atoms with Crippen molar-refractivity contribution in [1.82, 2.24) is 20.2 Å². The molecule has 0 saturated carbocycles. The topological polar surface area (TPSA) is 57.5 Å². The molecular weight excluding hydrogens is 336 g/mol. The second kappa shape index (κ2) is 12.0. The minimum Gasteiger partial charge on any atom is -0.372 e. The molecule has 0 spiro atoms. The third-order valence-electron chi connectivity index (χ3n) is 4.67. The number of rotatable bonds is 11. The summed E-state index contributed by atoms with van der Waals surface area (Å²) in [6.07, 6.45) is 7.21. The number of nitrogens with zero attached hydrogens (tertiary/aromatic N) is 4. The number of aromatic nitrogens is 2. The van der Waals surface area contributed by atoms with E-state index in [1.54, 1.807) is 0 Å². The Kier molecular flexibility index (Phi) is 9.24. The fraction of sp³-hybridized carbons (Fsp3) is 0.524. The molecule has 0 saturated heterocycles.